The molecule has 164 valence electrons. The smallest absolute Gasteiger partial charge is 0.240 e. The molecule has 11 heteroatoms. The summed E-state index contributed by atoms with van der Waals surface area (Å²) >= 11 is 1.23. The first-order valence-electron chi connectivity index (χ1n) is 9.26. The molecule has 1 aromatic heterocycles. The molecule has 9 nitrogen and oxygen atoms in total. The number of hydrogen-bond acceptors (Lipinski definition) is 7. The van der Waals surface area contributed by atoms with Gasteiger partial charge in [0.1, 0.15) is 5.75 Å². The molecular weight excluding hydrogens is 438 g/mol. The van der Waals surface area contributed by atoms with E-state index in [0.717, 1.165) is 5.56 Å². The molecule has 0 spiro atoms. The number of sulfonamides is 1. The maximum absolute atomic E-state index is 12.4. The summed E-state index contributed by atoms with van der Waals surface area (Å²) in [6.07, 6.45) is 0. The summed E-state index contributed by atoms with van der Waals surface area (Å²) in [6, 6.07) is 12.2. The number of rotatable bonds is 8. The average Bonchev–Trinajstić information content (AvgIpc) is 3.13. The minimum Gasteiger partial charge on any atom is -0.496 e. The van der Waals surface area contributed by atoms with E-state index in [0.29, 0.717) is 28.0 Å². The molecule has 31 heavy (non-hydrogen) atoms. The van der Waals surface area contributed by atoms with Crippen LogP contribution in [0.25, 0.3) is 11.4 Å². The van der Waals surface area contributed by atoms with Gasteiger partial charge in [-0.15, -0.1) is 10.2 Å². The third-order valence-corrected chi connectivity index (χ3v) is 7.12. The van der Waals surface area contributed by atoms with Gasteiger partial charge in [0.2, 0.25) is 15.9 Å². The van der Waals surface area contributed by atoms with Crippen LogP contribution in [-0.4, -0.2) is 49.0 Å². The van der Waals surface area contributed by atoms with Crippen LogP contribution in [0.3, 0.4) is 0 Å². The first-order chi connectivity index (χ1) is 14.8. The Hall–Kier alpha value is -2.89. The highest BCUT2D eigenvalue weighted by Crippen LogP contribution is 2.30. The van der Waals surface area contributed by atoms with Crippen molar-refractivity contribution in [3.8, 4) is 17.1 Å². The van der Waals surface area contributed by atoms with Crippen LogP contribution in [0.4, 0.5) is 5.69 Å². The van der Waals surface area contributed by atoms with Crippen molar-refractivity contribution in [3.63, 3.8) is 0 Å². The third kappa shape index (κ3) is 5.06. The number of thioether (sulfide) groups is 1. The highest BCUT2D eigenvalue weighted by Gasteiger charge is 2.18. The summed E-state index contributed by atoms with van der Waals surface area (Å²) in [4.78, 5) is 12.5. The van der Waals surface area contributed by atoms with Crippen molar-refractivity contribution in [2.75, 3.05) is 25.2 Å². The predicted octanol–water partition coefficient (Wildman–Crippen LogP) is 2.44. The first-order valence-corrected chi connectivity index (χ1v) is 11.7. The lowest BCUT2D eigenvalue weighted by Crippen LogP contribution is -2.20. The molecule has 0 saturated carbocycles. The van der Waals surface area contributed by atoms with Gasteiger partial charge in [0, 0.05) is 12.7 Å². The molecule has 0 bridgehead atoms. The minimum atomic E-state index is -3.62. The summed E-state index contributed by atoms with van der Waals surface area (Å²) in [5.41, 5.74) is 1.79. The van der Waals surface area contributed by atoms with Gasteiger partial charge in [0.05, 0.1) is 23.3 Å². The standard InChI is InChI=1S/C20H23N5O4S2/c1-13-9-10-14(11-17(13)31(27,28)21-2)22-18(26)12-30-20-24-23-19(25(20)3)15-7-5-6-8-16(15)29-4/h5-11,21H,12H2,1-4H3,(H,22,26). The van der Waals surface area contributed by atoms with Gasteiger partial charge in [0.25, 0.3) is 0 Å². The van der Waals surface area contributed by atoms with Crippen LogP contribution in [0.2, 0.25) is 0 Å². The van der Waals surface area contributed by atoms with E-state index in [-0.39, 0.29) is 16.6 Å². The Kier molecular flexibility index (Phi) is 6.98. The molecule has 0 atom stereocenters. The molecule has 1 amide bonds. The lowest BCUT2D eigenvalue weighted by Gasteiger charge is -2.10. The van der Waals surface area contributed by atoms with Crippen molar-refractivity contribution in [1.82, 2.24) is 19.5 Å². The number of amides is 1. The van der Waals surface area contributed by atoms with E-state index in [9.17, 15) is 13.2 Å². The second kappa shape index (κ2) is 9.50. The zero-order chi connectivity index (χ0) is 22.6. The summed E-state index contributed by atoms with van der Waals surface area (Å²) in [7, 11) is 1.14. The Balaban J connectivity index is 1.70. The molecule has 1 heterocycles. The lowest BCUT2D eigenvalue weighted by molar-refractivity contribution is -0.113. The molecule has 0 aliphatic heterocycles. The molecule has 0 unspecified atom stereocenters. The van der Waals surface area contributed by atoms with E-state index in [1.807, 2.05) is 31.3 Å². The molecule has 3 rings (SSSR count). The van der Waals surface area contributed by atoms with Crippen LogP contribution in [-0.2, 0) is 21.9 Å². The summed E-state index contributed by atoms with van der Waals surface area (Å²) in [5, 5.41) is 11.7. The van der Waals surface area contributed by atoms with E-state index < -0.39 is 10.0 Å². The molecular formula is C20H23N5O4S2. The van der Waals surface area contributed by atoms with Crippen molar-refractivity contribution in [3.05, 3.63) is 48.0 Å². The number of nitrogens with zero attached hydrogens (tertiary/aromatic N) is 3. The van der Waals surface area contributed by atoms with Crippen LogP contribution in [0.5, 0.6) is 5.75 Å². The van der Waals surface area contributed by atoms with Crippen molar-refractivity contribution in [1.29, 1.82) is 0 Å². The van der Waals surface area contributed by atoms with Crippen molar-refractivity contribution >= 4 is 33.4 Å². The van der Waals surface area contributed by atoms with Crippen LogP contribution >= 0.6 is 11.8 Å². The maximum Gasteiger partial charge on any atom is 0.240 e. The fourth-order valence-corrected chi connectivity index (χ4v) is 4.61. The van der Waals surface area contributed by atoms with Crippen LogP contribution in [0, 0.1) is 6.92 Å². The Morgan fingerprint density at radius 1 is 1.19 bits per heavy atom. The number of carbonyl (C=O) groups excluding carboxylic acids is 1. The number of anilines is 1. The van der Waals surface area contributed by atoms with Gasteiger partial charge in [-0.2, -0.15) is 0 Å². The van der Waals surface area contributed by atoms with Crippen molar-refractivity contribution < 1.29 is 17.9 Å². The number of para-hydroxylation sites is 1. The average molecular weight is 462 g/mol. The second-order valence-corrected chi connectivity index (χ2v) is 9.39. The number of benzene rings is 2. The number of methoxy groups -OCH3 is 1. The van der Waals surface area contributed by atoms with E-state index >= 15 is 0 Å². The van der Waals surface area contributed by atoms with Gasteiger partial charge in [-0.3, -0.25) is 4.79 Å². The van der Waals surface area contributed by atoms with Gasteiger partial charge >= 0.3 is 0 Å². The normalized spacial score (nSPS) is 11.4. The van der Waals surface area contributed by atoms with Crippen LogP contribution in [0.15, 0.2) is 52.5 Å². The molecule has 2 aromatic carbocycles. The molecule has 0 aliphatic rings. The summed E-state index contributed by atoms with van der Waals surface area (Å²) < 4.78 is 33.7. The summed E-state index contributed by atoms with van der Waals surface area (Å²) in [5.74, 6) is 1.10. The van der Waals surface area contributed by atoms with E-state index in [1.54, 1.807) is 30.7 Å². The van der Waals surface area contributed by atoms with E-state index in [2.05, 4.69) is 20.2 Å². The molecule has 3 aromatic rings. The number of nitrogens with one attached hydrogen (secondary N) is 2. The molecule has 0 fully saturated rings. The second-order valence-electron chi connectivity index (χ2n) is 6.59. The zero-order valence-corrected chi connectivity index (χ0v) is 19.2. The van der Waals surface area contributed by atoms with Gasteiger partial charge < -0.3 is 14.6 Å². The topological polar surface area (TPSA) is 115 Å². The fourth-order valence-electron chi connectivity index (χ4n) is 2.91. The Labute approximate surface area is 185 Å². The van der Waals surface area contributed by atoms with Crippen molar-refractivity contribution in [2.24, 2.45) is 7.05 Å². The fraction of sp³-hybridized carbons (Fsp3) is 0.250. The highest BCUT2D eigenvalue weighted by molar-refractivity contribution is 7.99. The molecule has 0 saturated heterocycles. The van der Waals surface area contributed by atoms with E-state index in [1.165, 1.54) is 24.9 Å². The number of aryl methyl sites for hydroxylation is 1. The number of hydrogen-bond donors (Lipinski definition) is 2. The van der Waals surface area contributed by atoms with Crippen LogP contribution in [0.1, 0.15) is 5.56 Å². The first kappa shape index (κ1) is 22.8. The Morgan fingerprint density at radius 3 is 2.65 bits per heavy atom. The van der Waals surface area contributed by atoms with Gasteiger partial charge in [0.15, 0.2) is 11.0 Å². The van der Waals surface area contributed by atoms with E-state index in [4.69, 9.17) is 4.74 Å². The molecule has 0 aliphatic carbocycles. The minimum absolute atomic E-state index is 0.0832. The number of aromatic nitrogens is 3. The largest absolute Gasteiger partial charge is 0.496 e. The Morgan fingerprint density at radius 2 is 1.94 bits per heavy atom. The quantitative estimate of drug-likeness (QED) is 0.495. The van der Waals surface area contributed by atoms with Crippen LogP contribution < -0.4 is 14.8 Å². The predicted molar refractivity (Wildman–Crippen MR) is 120 cm³/mol. The Bertz CT molecular complexity index is 1210. The monoisotopic (exact) mass is 461 g/mol. The van der Waals surface area contributed by atoms with Gasteiger partial charge in [-0.05, 0) is 43.8 Å². The molecule has 0 radical (unpaired) electrons. The molecule has 2 N–H and O–H groups in total. The van der Waals surface area contributed by atoms with Gasteiger partial charge in [-0.25, -0.2) is 13.1 Å². The van der Waals surface area contributed by atoms with Crippen molar-refractivity contribution in [2.45, 2.75) is 17.0 Å². The SMILES string of the molecule is CNS(=O)(=O)c1cc(NC(=O)CSc2nnc(-c3ccccc3OC)n2C)ccc1C. The number of ether oxygens (including phenoxy) is 1. The lowest BCUT2D eigenvalue weighted by atomic mass is 10.2. The summed E-state index contributed by atoms with van der Waals surface area (Å²) in [6.45, 7) is 1.69. The zero-order valence-electron chi connectivity index (χ0n) is 17.5. The maximum atomic E-state index is 12.4. The van der Waals surface area contributed by atoms with Gasteiger partial charge in [-0.1, -0.05) is 30.0 Å². The number of carbonyl (C=O) groups is 1. The highest BCUT2D eigenvalue weighted by atomic mass is 32.2. The third-order valence-electron chi connectivity index (χ3n) is 4.55.